The molecule has 1 aliphatic rings. The highest BCUT2D eigenvalue weighted by molar-refractivity contribution is 5.84. The molecule has 0 aromatic heterocycles. The standard InChI is InChI=1S/C10H17N3O4/c11-8(14)2-1-7(10(16)17)13-9(15)3-6-4-12-5-6/h6-7,12H,1-5H2,(H2,11,14)(H,13,15)(H,16,17). The molecule has 1 unspecified atom stereocenters. The van der Waals surface area contributed by atoms with Crippen LogP contribution in [0.3, 0.4) is 0 Å². The molecule has 0 aliphatic carbocycles. The van der Waals surface area contributed by atoms with Crippen LogP contribution in [0.15, 0.2) is 0 Å². The number of nitrogens with two attached hydrogens (primary N) is 1. The number of hydrogen-bond donors (Lipinski definition) is 4. The van der Waals surface area contributed by atoms with E-state index in [9.17, 15) is 14.4 Å². The summed E-state index contributed by atoms with van der Waals surface area (Å²) < 4.78 is 0. The molecule has 2 amide bonds. The summed E-state index contributed by atoms with van der Waals surface area (Å²) in [5.74, 6) is -1.74. The third-order valence-corrected chi connectivity index (χ3v) is 2.65. The van der Waals surface area contributed by atoms with Crippen LogP contribution in [0.4, 0.5) is 0 Å². The molecule has 0 saturated carbocycles. The van der Waals surface area contributed by atoms with Crippen molar-refractivity contribution in [2.45, 2.75) is 25.3 Å². The smallest absolute Gasteiger partial charge is 0.326 e. The number of carboxylic acids is 1. The summed E-state index contributed by atoms with van der Waals surface area (Å²) in [4.78, 5) is 32.9. The average molecular weight is 243 g/mol. The zero-order chi connectivity index (χ0) is 12.8. The summed E-state index contributed by atoms with van der Waals surface area (Å²) in [6, 6.07) is -1.04. The number of amides is 2. The lowest BCUT2D eigenvalue weighted by Crippen LogP contribution is -2.47. The van der Waals surface area contributed by atoms with Gasteiger partial charge in [0.25, 0.3) is 0 Å². The summed E-state index contributed by atoms with van der Waals surface area (Å²) in [5, 5.41) is 14.3. The van der Waals surface area contributed by atoms with Gasteiger partial charge in [0, 0.05) is 12.8 Å². The van der Waals surface area contributed by atoms with Crippen molar-refractivity contribution in [1.29, 1.82) is 0 Å². The van der Waals surface area contributed by atoms with Crippen molar-refractivity contribution in [3.8, 4) is 0 Å². The van der Waals surface area contributed by atoms with Crippen molar-refractivity contribution < 1.29 is 19.5 Å². The topological polar surface area (TPSA) is 122 Å². The Morgan fingerprint density at radius 3 is 2.47 bits per heavy atom. The number of rotatable bonds is 7. The van der Waals surface area contributed by atoms with Crippen LogP contribution < -0.4 is 16.4 Å². The Morgan fingerprint density at radius 2 is 2.06 bits per heavy atom. The highest BCUT2D eigenvalue weighted by Crippen LogP contribution is 2.08. The molecule has 1 rings (SSSR count). The van der Waals surface area contributed by atoms with Gasteiger partial charge in [-0.15, -0.1) is 0 Å². The number of carbonyl (C=O) groups excluding carboxylic acids is 2. The van der Waals surface area contributed by atoms with Crippen molar-refractivity contribution in [3.63, 3.8) is 0 Å². The van der Waals surface area contributed by atoms with Gasteiger partial charge in [-0.05, 0) is 25.4 Å². The fourth-order valence-electron chi connectivity index (χ4n) is 1.55. The predicted molar refractivity (Wildman–Crippen MR) is 59.0 cm³/mol. The Labute approximate surface area is 98.7 Å². The number of carbonyl (C=O) groups is 3. The Hall–Kier alpha value is -1.63. The molecule has 0 aromatic rings. The largest absolute Gasteiger partial charge is 0.480 e. The minimum atomic E-state index is -1.15. The summed E-state index contributed by atoms with van der Waals surface area (Å²) in [6.07, 6.45) is 0.287. The van der Waals surface area contributed by atoms with Crippen molar-refractivity contribution in [1.82, 2.24) is 10.6 Å². The zero-order valence-electron chi connectivity index (χ0n) is 9.44. The van der Waals surface area contributed by atoms with Crippen LogP contribution in [0.1, 0.15) is 19.3 Å². The quantitative estimate of drug-likeness (QED) is 0.430. The molecular weight excluding hydrogens is 226 g/mol. The van der Waals surface area contributed by atoms with E-state index in [1.54, 1.807) is 0 Å². The van der Waals surface area contributed by atoms with E-state index in [0.717, 1.165) is 13.1 Å². The predicted octanol–water partition coefficient (Wildman–Crippen LogP) is -1.57. The Bertz CT molecular complexity index is 315. The minimum absolute atomic E-state index is 0.0271. The van der Waals surface area contributed by atoms with Crippen LogP contribution in [0.25, 0.3) is 0 Å². The van der Waals surface area contributed by atoms with Gasteiger partial charge in [-0.25, -0.2) is 4.79 Å². The first-order chi connectivity index (χ1) is 7.99. The molecule has 17 heavy (non-hydrogen) atoms. The lowest BCUT2D eigenvalue weighted by Gasteiger charge is -2.26. The molecule has 1 aliphatic heterocycles. The summed E-state index contributed by atoms with van der Waals surface area (Å²) in [6.45, 7) is 1.57. The average Bonchev–Trinajstić information content (AvgIpc) is 2.17. The molecule has 1 heterocycles. The second kappa shape index (κ2) is 6.19. The van der Waals surface area contributed by atoms with Crippen molar-refractivity contribution >= 4 is 17.8 Å². The highest BCUT2D eigenvalue weighted by atomic mass is 16.4. The third kappa shape index (κ3) is 4.81. The van der Waals surface area contributed by atoms with E-state index < -0.39 is 17.9 Å². The van der Waals surface area contributed by atoms with Gasteiger partial charge in [0.05, 0.1) is 0 Å². The van der Waals surface area contributed by atoms with Gasteiger partial charge < -0.3 is 21.5 Å². The molecule has 1 atom stereocenters. The number of primary amides is 1. The van der Waals surface area contributed by atoms with E-state index in [4.69, 9.17) is 10.8 Å². The Balaban J connectivity index is 2.33. The van der Waals surface area contributed by atoms with Crippen LogP contribution in [-0.4, -0.2) is 42.0 Å². The van der Waals surface area contributed by atoms with E-state index in [0.29, 0.717) is 6.42 Å². The van der Waals surface area contributed by atoms with Crippen molar-refractivity contribution in [3.05, 3.63) is 0 Å². The van der Waals surface area contributed by atoms with Crippen LogP contribution in [-0.2, 0) is 14.4 Å². The normalized spacial score (nSPS) is 16.9. The van der Waals surface area contributed by atoms with Crippen molar-refractivity contribution in [2.75, 3.05) is 13.1 Å². The zero-order valence-corrected chi connectivity index (χ0v) is 9.44. The SMILES string of the molecule is NC(=O)CCC(NC(=O)CC1CNC1)C(=O)O. The van der Waals surface area contributed by atoms with Crippen LogP contribution >= 0.6 is 0 Å². The summed E-state index contributed by atoms with van der Waals surface area (Å²) >= 11 is 0. The van der Waals surface area contributed by atoms with Crippen LogP contribution in [0, 0.1) is 5.92 Å². The van der Waals surface area contributed by atoms with E-state index in [-0.39, 0.29) is 24.7 Å². The molecule has 1 fully saturated rings. The monoisotopic (exact) mass is 243 g/mol. The van der Waals surface area contributed by atoms with E-state index in [2.05, 4.69) is 10.6 Å². The number of hydrogen-bond acceptors (Lipinski definition) is 4. The highest BCUT2D eigenvalue weighted by Gasteiger charge is 2.24. The van der Waals surface area contributed by atoms with E-state index >= 15 is 0 Å². The van der Waals surface area contributed by atoms with Crippen LogP contribution in [0.5, 0.6) is 0 Å². The fourth-order valence-corrected chi connectivity index (χ4v) is 1.55. The first-order valence-electron chi connectivity index (χ1n) is 5.50. The molecule has 96 valence electrons. The maximum Gasteiger partial charge on any atom is 0.326 e. The number of nitrogens with one attached hydrogen (secondary N) is 2. The third-order valence-electron chi connectivity index (χ3n) is 2.65. The molecule has 0 bridgehead atoms. The van der Waals surface area contributed by atoms with Gasteiger partial charge >= 0.3 is 5.97 Å². The summed E-state index contributed by atoms with van der Waals surface area (Å²) in [7, 11) is 0. The van der Waals surface area contributed by atoms with Gasteiger partial charge in [0.2, 0.25) is 11.8 Å². The molecule has 7 nitrogen and oxygen atoms in total. The van der Waals surface area contributed by atoms with Gasteiger partial charge in [0.15, 0.2) is 0 Å². The lowest BCUT2D eigenvalue weighted by molar-refractivity contribution is -0.142. The van der Waals surface area contributed by atoms with E-state index in [1.165, 1.54) is 0 Å². The minimum Gasteiger partial charge on any atom is -0.480 e. The Kier molecular flexibility index (Phi) is 4.89. The van der Waals surface area contributed by atoms with Gasteiger partial charge in [-0.1, -0.05) is 0 Å². The first kappa shape index (κ1) is 13.4. The van der Waals surface area contributed by atoms with Gasteiger partial charge in [-0.2, -0.15) is 0 Å². The van der Waals surface area contributed by atoms with Crippen molar-refractivity contribution in [2.24, 2.45) is 11.7 Å². The molecule has 0 aromatic carbocycles. The molecule has 5 N–H and O–H groups in total. The number of aliphatic carboxylic acids is 1. The van der Waals surface area contributed by atoms with E-state index in [1.807, 2.05) is 0 Å². The fraction of sp³-hybridized carbons (Fsp3) is 0.700. The molecule has 7 heteroatoms. The molecule has 1 saturated heterocycles. The molecule has 0 spiro atoms. The second-order valence-electron chi connectivity index (χ2n) is 4.19. The first-order valence-corrected chi connectivity index (χ1v) is 5.50. The van der Waals surface area contributed by atoms with Gasteiger partial charge in [0.1, 0.15) is 6.04 Å². The van der Waals surface area contributed by atoms with Crippen LogP contribution in [0.2, 0.25) is 0 Å². The summed E-state index contributed by atoms with van der Waals surface area (Å²) in [5.41, 5.74) is 4.93. The maximum atomic E-state index is 11.5. The molecule has 0 radical (unpaired) electrons. The lowest BCUT2D eigenvalue weighted by atomic mass is 9.98. The van der Waals surface area contributed by atoms with Gasteiger partial charge in [-0.3, -0.25) is 9.59 Å². The number of carboxylic acid groups (broad SMARTS) is 1. The second-order valence-corrected chi connectivity index (χ2v) is 4.19. The molecular formula is C10H17N3O4. The maximum absolute atomic E-state index is 11.5. The Morgan fingerprint density at radius 1 is 1.41 bits per heavy atom.